The molecule has 5 heteroatoms. The van der Waals surface area contributed by atoms with Gasteiger partial charge in [0, 0.05) is 32.0 Å². The van der Waals surface area contributed by atoms with E-state index >= 15 is 0 Å². The molecule has 3 aromatic carbocycles. The SMILES string of the molecule is COCOC(=O)C1C2c3ccccc3C(c3ccccc32)C1c1ccccc1OCOC. The maximum absolute atomic E-state index is 13.5. The summed E-state index contributed by atoms with van der Waals surface area (Å²) in [4.78, 5) is 13.5. The highest BCUT2D eigenvalue weighted by atomic mass is 16.7. The number of rotatable bonds is 7. The molecule has 0 saturated heterocycles. The van der Waals surface area contributed by atoms with Crippen LogP contribution in [0.1, 0.15) is 45.6 Å². The number of carbonyl (C=O) groups is 1. The van der Waals surface area contributed by atoms with E-state index < -0.39 is 5.92 Å². The Labute approximate surface area is 187 Å². The molecule has 3 aromatic rings. The summed E-state index contributed by atoms with van der Waals surface area (Å²) in [7, 11) is 3.12. The molecule has 0 radical (unpaired) electrons. The fraction of sp³-hybridized carbons (Fsp3) is 0.296. The molecule has 0 saturated carbocycles. The highest BCUT2D eigenvalue weighted by Gasteiger charge is 2.54. The molecule has 0 amide bonds. The molecule has 3 aliphatic carbocycles. The lowest BCUT2D eigenvalue weighted by atomic mass is 9.53. The third-order valence-corrected chi connectivity index (χ3v) is 6.64. The van der Waals surface area contributed by atoms with Gasteiger partial charge in [0.15, 0.2) is 13.6 Å². The van der Waals surface area contributed by atoms with Gasteiger partial charge < -0.3 is 18.9 Å². The zero-order valence-corrected chi connectivity index (χ0v) is 18.2. The Kier molecular flexibility index (Phi) is 5.68. The molecule has 164 valence electrons. The van der Waals surface area contributed by atoms with Crippen molar-refractivity contribution < 1.29 is 23.7 Å². The number of benzene rings is 3. The highest BCUT2D eigenvalue weighted by molar-refractivity contribution is 5.80. The minimum Gasteiger partial charge on any atom is -0.467 e. The fourth-order valence-electron chi connectivity index (χ4n) is 5.56. The predicted octanol–water partition coefficient (Wildman–Crippen LogP) is 4.81. The summed E-state index contributed by atoms with van der Waals surface area (Å²) in [5, 5.41) is 0. The molecular weight excluding hydrogens is 404 g/mol. The van der Waals surface area contributed by atoms with Crippen LogP contribution in [0.4, 0.5) is 0 Å². The van der Waals surface area contributed by atoms with Crippen LogP contribution >= 0.6 is 0 Å². The maximum Gasteiger partial charge on any atom is 0.312 e. The van der Waals surface area contributed by atoms with Gasteiger partial charge in [-0.25, -0.2) is 0 Å². The molecule has 0 fully saturated rings. The van der Waals surface area contributed by atoms with Gasteiger partial charge in [-0.05, 0) is 33.9 Å². The summed E-state index contributed by atoms with van der Waals surface area (Å²) in [5.74, 6) is -0.143. The van der Waals surface area contributed by atoms with Gasteiger partial charge in [0.25, 0.3) is 0 Å². The molecule has 0 aromatic heterocycles. The molecular formula is C27H26O5. The van der Waals surface area contributed by atoms with Gasteiger partial charge >= 0.3 is 5.97 Å². The molecule has 5 nitrogen and oxygen atoms in total. The summed E-state index contributed by atoms with van der Waals surface area (Å²) in [5.41, 5.74) is 5.91. The van der Waals surface area contributed by atoms with Crippen LogP contribution in [0.2, 0.25) is 0 Å². The molecule has 2 bridgehead atoms. The Bertz CT molecular complexity index is 1080. The second-order valence-corrected chi connectivity index (χ2v) is 8.22. The third kappa shape index (κ3) is 3.29. The van der Waals surface area contributed by atoms with Crippen LogP contribution in [-0.2, 0) is 19.0 Å². The predicted molar refractivity (Wildman–Crippen MR) is 120 cm³/mol. The van der Waals surface area contributed by atoms with Crippen molar-refractivity contribution in [2.75, 3.05) is 27.8 Å². The van der Waals surface area contributed by atoms with Crippen molar-refractivity contribution in [3.05, 3.63) is 101 Å². The van der Waals surface area contributed by atoms with Crippen LogP contribution in [-0.4, -0.2) is 33.8 Å². The Morgan fingerprint density at radius 1 is 0.688 bits per heavy atom. The van der Waals surface area contributed by atoms with E-state index in [2.05, 4.69) is 42.5 Å². The van der Waals surface area contributed by atoms with Crippen molar-refractivity contribution in [2.45, 2.75) is 17.8 Å². The fourth-order valence-corrected chi connectivity index (χ4v) is 5.56. The Morgan fingerprint density at radius 3 is 1.75 bits per heavy atom. The van der Waals surface area contributed by atoms with Crippen LogP contribution in [0, 0.1) is 5.92 Å². The highest BCUT2D eigenvalue weighted by Crippen LogP contribution is 2.62. The van der Waals surface area contributed by atoms with E-state index in [1.54, 1.807) is 7.11 Å². The van der Waals surface area contributed by atoms with Gasteiger partial charge in [0.2, 0.25) is 0 Å². The van der Waals surface area contributed by atoms with E-state index in [4.69, 9.17) is 18.9 Å². The quantitative estimate of drug-likeness (QED) is 0.398. The van der Waals surface area contributed by atoms with Crippen molar-refractivity contribution in [3.8, 4) is 5.75 Å². The number of methoxy groups -OCH3 is 2. The number of fused-ring (bicyclic) bond motifs is 1. The molecule has 3 aliphatic rings. The Morgan fingerprint density at radius 2 is 1.19 bits per heavy atom. The first-order chi connectivity index (χ1) is 15.8. The second kappa shape index (κ2) is 8.77. The van der Waals surface area contributed by atoms with E-state index in [0.29, 0.717) is 0 Å². The van der Waals surface area contributed by atoms with Crippen molar-refractivity contribution in [1.29, 1.82) is 0 Å². The lowest BCUT2D eigenvalue weighted by Gasteiger charge is -2.50. The summed E-state index contributed by atoms with van der Waals surface area (Å²) in [6, 6.07) is 24.8. The number of hydrogen-bond donors (Lipinski definition) is 0. The van der Waals surface area contributed by atoms with Crippen molar-refractivity contribution in [2.24, 2.45) is 5.92 Å². The minimum absolute atomic E-state index is 0.0137. The average Bonchev–Trinajstić information content (AvgIpc) is 2.85. The number of esters is 1. The van der Waals surface area contributed by atoms with E-state index in [0.717, 1.165) is 11.3 Å². The lowest BCUT2D eigenvalue weighted by molar-refractivity contribution is -0.161. The Hall–Kier alpha value is -3.15. The topological polar surface area (TPSA) is 54.0 Å². The molecule has 6 rings (SSSR count). The van der Waals surface area contributed by atoms with Gasteiger partial charge in [-0.2, -0.15) is 0 Å². The lowest BCUT2D eigenvalue weighted by Crippen LogP contribution is -2.43. The largest absolute Gasteiger partial charge is 0.467 e. The molecule has 0 N–H and O–H groups in total. The molecule has 2 unspecified atom stereocenters. The average molecular weight is 431 g/mol. The van der Waals surface area contributed by atoms with Crippen LogP contribution < -0.4 is 4.74 Å². The summed E-state index contributed by atoms with van der Waals surface area (Å²) in [6.45, 7) is 0.0777. The zero-order chi connectivity index (χ0) is 22.1. The first-order valence-corrected chi connectivity index (χ1v) is 10.8. The second-order valence-electron chi connectivity index (χ2n) is 8.22. The van der Waals surface area contributed by atoms with Gasteiger partial charge in [-0.3, -0.25) is 4.79 Å². The van der Waals surface area contributed by atoms with E-state index in [9.17, 15) is 4.79 Å². The molecule has 2 atom stereocenters. The molecule has 32 heavy (non-hydrogen) atoms. The van der Waals surface area contributed by atoms with Crippen molar-refractivity contribution >= 4 is 5.97 Å². The summed E-state index contributed by atoms with van der Waals surface area (Å²) in [6.07, 6.45) is 0. The Balaban J connectivity index is 1.73. The van der Waals surface area contributed by atoms with Crippen LogP contribution in [0.25, 0.3) is 0 Å². The first kappa shape index (κ1) is 20.7. The standard InChI is InChI=1S/C27H26O5/c1-29-15-31-22-14-8-7-13-21(22)25-23-17-9-3-5-11-19(17)24(20-12-6-4-10-18(20)23)26(25)27(28)32-16-30-2/h3-14,23-26H,15-16H2,1-2H3. The van der Waals surface area contributed by atoms with E-state index in [1.165, 1.54) is 29.4 Å². The third-order valence-electron chi connectivity index (χ3n) is 6.64. The van der Waals surface area contributed by atoms with Crippen molar-refractivity contribution in [1.82, 2.24) is 0 Å². The van der Waals surface area contributed by atoms with E-state index in [-0.39, 0.29) is 37.3 Å². The number of ether oxygens (including phenoxy) is 4. The summed E-state index contributed by atoms with van der Waals surface area (Å²) >= 11 is 0. The minimum atomic E-state index is -0.396. The van der Waals surface area contributed by atoms with Crippen molar-refractivity contribution in [3.63, 3.8) is 0 Å². The van der Waals surface area contributed by atoms with Gasteiger partial charge in [-0.1, -0.05) is 66.7 Å². The van der Waals surface area contributed by atoms with E-state index in [1.807, 2.05) is 30.3 Å². The van der Waals surface area contributed by atoms with Gasteiger partial charge in [0.1, 0.15) is 5.75 Å². The number of hydrogen-bond acceptors (Lipinski definition) is 5. The molecule has 0 aliphatic heterocycles. The number of carbonyl (C=O) groups excluding carboxylic acids is 1. The molecule has 0 spiro atoms. The smallest absolute Gasteiger partial charge is 0.312 e. The summed E-state index contributed by atoms with van der Waals surface area (Å²) < 4.78 is 21.7. The first-order valence-electron chi connectivity index (χ1n) is 10.8. The van der Waals surface area contributed by atoms with Crippen LogP contribution in [0.3, 0.4) is 0 Å². The maximum atomic E-state index is 13.5. The van der Waals surface area contributed by atoms with Crippen LogP contribution in [0.5, 0.6) is 5.75 Å². The van der Waals surface area contributed by atoms with Crippen LogP contribution in [0.15, 0.2) is 72.8 Å². The zero-order valence-electron chi connectivity index (χ0n) is 18.2. The van der Waals surface area contributed by atoms with Gasteiger partial charge in [-0.15, -0.1) is 0 Å². The monoisotopic (exact) mass is 430 g/mol. The number of para-hydroxylation sites is 1. The van der Waals surface area contributed by atoms with Gasteiger partial charge in [0.05, 0.1) is 5.92 Å². The normalized spacial score (nSPS) is 22.7. The molecule has 0 heterocycles.